The van der Waals surface area contributed by atoms with Crippen molar-refractivity contribution < 1.29 is 4.42 Å². The van der Waals surface area contributed by atoms with E-state index in [0.717, 1.165) is 60.7 Å². The van der Waals surface area contributed by atoms with Crippen LogP contribution in [0.3, 0.4) is 0 Å². The van der Waals surface area contributed by atoms with Crippen LogP contribution >= 0.6 is 0 Å². The van der Waals surface area contributed by atoms with Crippen molar-refractivity contribution in [1.82, 2.24) is 15.0 Å². The number of benzene rings is 7. The standard InChI is InChI=1S/C43H27N3O/c1-3-11-28(12-4-1)30-19-22-32(23-20-30)41-44-42(34-24-21-29-13-7-8-16-33(29)25-34)46-43(45-41)38-27-40-37(35-17-9-10-18-39(35)47-40)26-36(38)31-14-5-2-6-15-31/h1-27H. The molecule has 0 aliphatic heterocycles. The average molecular weight is 602 g/mol. The SMILES string of the molecule is c1ccc(-c2ccc(-c3nc(-c4ccc5ccccc5c4)nc(-c4cc5oc6ccccc6c5cc4-c4ccccc4)n3)cc2)cc1. The number of furan rings is 1. The van der Waals surface area contributed by atoms with Gasteiger partial charge in [-0.3, -0.25) is 0 Å². The summed E-state index contributed by atoms with van der Waals surface area (Å²) in [5.74, 6) is 1.82. The Bertz CT molecular complexity index is 2550. The van der Waals surface area contributed by atoms with Gasteiger partial charge in [0.1, 0.15) is 11.2 Å². The molecule has 0 atom stereocenters. The first-order valence-electron chi connectivity index (χ1n) is 15.7. The fraction of sp³-hybridized carbons (Fsp3) is 0. The molecule has 0 radical (unpaired) electrons. The summed E-state index contributed by atoms with van der Waals surface area (Å²) in [6, 6.07) is 56.4. The van der Waals surface area contributed by atoms with Gasteiger partial charge in [-0.05, 0) is 57.3 Å². The number of hydrogen-bond acceptors (Lipinski definition) is 4. The van der Waals surface area contributed by atoms with Crippen molar-refractivity contribution >= 4 is 32.7 Å². The molecule has 0 bridgehead atoms. The first-order valence-corrected chi connectivity index (χ1v) is 15.7. The summed E-state index contributed by atoms with van der Waals surface area (Å²) < 4.78 is 6.37. The van der Waals surface area contributed by atoms with Crippen LogP contribution in [-0.4, -0.2) is 15.0 Å². The smallest absolute Gasteiger partial charge is 0.164 e. The number of nitrogens with zero attached hydrogens (tertiary/aromatic N) is 3. The van der Waals surface area contributed by atoms with Crippen molar-refractivity contribution in [3.63, 3.8) is 0 Å². The van der Waals surface area contributed by atoms with Crippen LogP contribution in [0.15, 0.2) is 168 Å². The summed E-state index contributed by atoms with van der Waals surface area (Å²) in [6.45, 7) is 0. The summed E-state index contributed by atoms with van der Waals surface area (Å²) in [6.07, 6.45) is 0. The summed E-state index contributed by atoms with van der Waals surface area (Å²) in [7, 11) is 0. The Balaban J connectivity index is 1.28. The lowest BCUT2D eigenvalue weighted by Crippen LogP contribution is -2.01. The van der Waals surface area contributed by atoms with Crippen molar-refractivity contribution in [2.45, 2.75) is 0 Å². The van der Waals surface area contributed by atoms with Gasteiger partial charge >= 0.3 is 0 Å². The molecule has 9 aromatic rings. The first-order chi connectivity index (χ1) is 23.3. The molecular formula is C43H27N3O. The van der Waals surface area contributed by atoms with E-state index in [-0.39, 0.29) is 0 Å². The lowest BCUT2D eigenvalue weighted by atomic mass is 9.96. The fourth-order valence-corrected chi connectivity index (χ4v) is 6.34. The average Bonchev–Trinajstić information content (AvgIpc) is 3.52. The normalized spacial score (nSPS) is 11.4. The number of fused-ring (bicyclic) bond motifs is 4. The van der Waals surface area contributed by atoms with Gasteiger partial charge in [-0.1, -0.05) is 140 Å². The van der Waals surface area contributed by atoms with Crippen molar-refractivity contribution in [2.75, 3.05) is 0 Å². The number of aromatic nitrogens is 3. The highest BCUT2D eigenvalue weighted by Gasteiger charge is 2.19. The Morgan fingerprint density at radius 3 is 1.68 bits per heavy atom. The minimum atomic E-state index is 0.589. The summed E-state index contributed by atoms with van der Waals surface area (Å²) in [5, 5.41) is 4.44. The van der Waals surface area contributed by atoms with Gasteiger partial charge < -0.3 is 4.42 Å². The molecule has 0 unspecified atom stereocenters. The molecule has 0 N–H and O–H groups in total. The van der Waals surface area contributed by atoms with Gasteiger partial charge in [-0.15, -0.1) is 0 Å². The highest BCUT2D eigenvalue weighted by molar-refractivity contribution is 6.08. The zero-order valence-electron chi connectivity index (χ0n) is 25.3. The van der Waals surface area contributed by atoms with E-state index in [1.807, 2.05) is 30.3 Å². The van der Waals surface area contributed by atoms with Crippen molar-refractivity contribution in [3.8, 4) is 56.4 Å². The molecule has 0 amide bonds. The molecule has 0 fully saturated rings. The maximum absolute atomic E-state index is 6.37. The molecule has 0 saturated heterocycles. The molecule has 0 saturated carbocycles. The Morgan fingerprint density at radius 1 is 0.319 bits per heavy atom. The van der Waals surface area contributed by atoms with E-state index in [0.29, 0.717) is 17.5 Å². The molecular weight excluding hydrogens is 574 g/mol. The van der Waals surface area contributed by atoms with Gasteiger partial charge in [-0.2, -0.15) is 0 Å². The lowest BCUT2D eigenvalue weighted by molar-refractivity contribution is 0.669. The highest BCUT2D eigenvalue weighted by Crippen LogP contribution is 2.39. The molecule has 2 aromatic heterocycles. The van der Waals surface area contributed by atoms with Gasteiger partial charge in [0, 0.05) is 27.5 Å². The number of hydrogen-bond donors (Lipinski definition) is 0. The van der Waals surface area contributed by atoms with Gasteiger partial charge in [-0.25, -0.2) is 15.0 Å². The second-order valence-electron chi connectivity index (χ2n) is 11.7. The third-order valence-electron chi connectivity index (χ3n) is 8.74. The Morgan fingerprint density at radius 2 is 0.894 bits per heavy atom. The largest absolute Gasteiger partial charge is 0.456 e. The van der Waals surface area contributed by atoms with Crippen LogP contribution in [0.25, 0.3) is 89.1 Å². The first kappa shape index (κ1) is 27.0. The van der Waals surface area contributed by atoms with Crippen LogP contribution in [0, 0.1) is 0 Å². The topological polar surface area (TPSA) is 51.8 Å². The predicted octanol–water partition coefficient (Wildman–Crippen LogP) is 11.3. The van der Waals surface area contributed by atoms with Crippen LogP contribution in [0.2, 0.25) is 0 Å². The molecule has 0 aliphatic carbocycles. The maximum Gasteiger partial charge on any atom is 0.164 e. The second kappa shape index (κ2) is 11.2. The molecule has 220 valence electrons. The van der Waals surface area contributed by atoms with E-state index in [2.05, 4.69) is 133 Å². The third-order valence-corrected chi connectivity index (χ3v) is 8.74. The van der Waals surface area contributed by atoms with E-state index in [4.69, 9.17) is 19.4 Å². The molecule has 9 rings (SSSR count). The Hall–Kier alpha value is -6.39. The zero-order chi connectivity index (χ0) is 31.2. The van der Waals surface area contributed by atoms with Gasteiger partial charge in [0.2, 0.25) is 0 Å². The van der Waals surface area contributed by atoms with Crippen LogP contribution in [0.1, 0.15) is 0 Å². The van der Waals surface area contributed by atoms with Crippen LogP contribution < -0.4 is 0 Å². The summed E-state index contributed by atoms with van der Waals surface area (Å²) in [4.78, 5) is 15.4. The maximum atomic E-state index is 6.37. The molecule has 7 aromatic carbocycles. The highest BCUT2D eigenvalue weighted by atomic mass is 16.3. The summed E-state index contributed by atoms with van der Waals surface area (Å²) >= 11 is 0. The number of para-hydroxylation sites is 1. The minimum absolute atomic E-state index is 0.589. The quantitative estimate of drug-likeness (QED) is 0.197. The molecule has 47 heavy (non-hydrogen) atoms. The van der Waals surface area contributed by atoms with Crippen LogP contribution in [0.5, 0.6) is 0 Å². The molecule has 0 spiro atoms. The van der Waals surface area contributed by atoms with Crippen molar-refractivity contribution in [1.29, 1.82) is 0 Å². The molecule has 4 heteroatoms. The lowest BCUT2D eigenvalue weighted by Gasteiger charge is -2.13. The van der Waals surface area contributed by atoms with Gasteiger partial charge in [0.25, 0.3) is 0 Å². The van der Waals surface area contributed by atoms with Crippen LogP contribution in [-0.2, 0) is 0 Å². The Labute approximate surface area is 271 Å². The van der Waals surface area contributed by atoms with Crippen molar-refractivity contribution in [2.24, 2.45) is 0 Å². The molecule has 0 aliphatic rings. The zero-order valence-corrected chi connectivity index (χ0v) is 25.3. The summed E-state index contributed by atoms with van der Waals surface area (Å²) in [5.41, 5.74) is 8.80. The Kier molecular flexibility index (Phi) is 6.43. The second-order valence-corrected chi connectivity index (χ2v) is 11.7. The molecule has 4 nitrogen and oxygen atoms in total. The van der Waals surface area contributed by atoms with Crippen molar-refractivity contribution in [3.05, 3.63) is 164 Å². The predicted molar refractivity (Wildman–Crippen MR) is 192 cm³/mol. The minimum Gasteiger partial charge on any atom is -0.456 e. The number of rotatable bonds is 5. The van der Waals surface area contributed by atoms with Crippen LogP contribution in [0.4, 0.5) is 0 Å². The van der Waals surface area contributed by atoms with E-state index in [1.54, 1.807) is 0 Å². The molecule has 2 heterocycles. The van der Waals surface area contributed by atoms with E-state index in [1.165, 1.54) is 10.9 Å². The van der Waals surface area contributed by atoms with Gasteiger partial charge in [0.05, 0.1) is 0 Å². The van der Waals surface area contributed by atoms with E-state index >= 15 is 0 Å². The van der Waals surface area contributed by atoms with E-state index < -0.39 is 0 Å². The fourth-order valence-electron chi connectivity index (χ4n) is 6.34. The van der Waals surface area contributed by atoms with E-state index in [9.17, 15) is 0 Å². The third kappa shape index (κ3) is 4.93. The van der Waals surface area contributed by atoms with Gasteiger partial charge in [0.15, 0.2) is 17.5 Å². The monoisotopic (exact) mass is 601 g/mol.